The molecule has 0 aliphatic rings. The van der Waals surface area contributed by atoms with Crippen LogP contribution in [-0.2, 0) is 23.9 Å². The molecule has 10 nitrogen and oxygen atoms in total. The molecular weight excluding hydrogens is 684 g/mol. The van der Waals surface area contributed by atoms with Crippen LogP contribution in [0.5, 0.6) is 0 Å². The predicted molar refractivity (Wildman–Crippen MR) is 212 cm³/mol. The van der Waals surface area contributed by atoms with Gasteiger partial charge in [0.15, 0.2) is 6.10 Å². The summed E-state index contributed by atoms with van der Waals surface area (Å²) in [6, 6.07) is 15.8. The van der Waals surface area contributed by atoms with E-state index in [2.05, 4.69) is 29.7 Å². The molecule has 2 aromatic carbocycles. The van der Waals surface area contributed by atoms with Crippen molar-refractivity contribution in [2.45, 2.75) is 142 Å². The second-order valence-electron chi connectivity index (χ2n) is 14.7. The summed E-state index contributed by atoms with van der Waals surface area (Å²) >= 11 is 0. The third-order valence-electron chi connectivity index (χ3n) is 9.25. The minimum Gasteiger partial charge on any atom is -0.481 e. The molecule has 0 radical (unpaired) electrons. The van der Waals surface area contributed by atoms with E-state index in [1.54, 1.807) is 74.5 Å². The molecule has 0 fully saturated rings. The zero-order chi connectivity index (χ0) is 39.4. The number of carbonyl (C=O) groups is 5. The van der Waals surface area contributed by atoms with Crippen molar-refractivity contribution < 1.29 is 38.6 Å². The van der Waals surface area contributed by atoms with Gasteiger partial charge in [0.2, 0.25) is 5.91 Å². The molecule has 0 aliphatic heterocycles. The summed E-state index contributed by atoms with van der Waals surface area (Å²) in [6.45, 7) is 5.58. The van der Waals surface area contributed by atoms with Gasteiger partial charge >= 0.3 is 17.9 Å². The Morgan fingerprint density at radius 2 is 1.26 bits per heavy atom. The fraction of sp³-hybridized carbons (Fsp3) is 0.568. The molecule has 2 rings (SSSR count). The van der Waals surface area contributed by atoms with Crippen molar-refractivity contribution in [3.05, 3.63) is 83.9 Å². The fourth-order valence-corrected chi connectivity index (χ4v) is 6.04. The molecule has 54 heavy (non-hydrogen) atoms. The van der Waals surface area contributed by atoms with E-state index in [1.807, 2.05) is 0 Å². The normalized spacial score (nSPS) is 12.5. The van der Waals surface area contributed by atoms with E-state index in [0.717, 1.165) is 32.1 Å². The fourth-order valence-electron chi connectivity index (χ4n) is 6.04. The van der Waals surface area contributed by atoms with E-state index >= 15 is 0 Å². The summed E-state index contributed by atoms with van der Waals surface area (Å²) in [5.41, 5.74) is -0.631. The maximum atomic E-state index is 13.7. The average Bonchev–Trinajstić information content (AvgIpc) is 3.16. The van der Waals surface area contributed by atoms with Crippen LogP contribution in [0.15, 0.2) is 72.8 Å². The van der Waals surface area contributed by atoms with Gasteiger partial charge in [0.25, 0.3) is 5.91 Å². The van der Waals surface area contributed by atoms with Crippen LogP contribution in [0.3, 0.4) is 0 Å². The standard InChI is InChI=1S/C44H64N2O8/c1-4-5-6-7-8-9-10-11-12-13-14-15-16-17-24-31-38(47)45-32-25-30-37(33-39(48)49)46-41(50)40(54-43(52)36-28-22-19-23-29-36)44(2,3)34-53-42(51)35-26-20-18-21-27-35/h11-12,18-23,26-29,37,40H,4-10,13-17,24-25,30-34H2,1-3H3,(H,45,47)(H,46,50)(H,48,49). The van der Waals surface area contributed by atoms with Crippen molar-refractivity contribution in [1.29, 1.82) is 0 Å². The lowest BCUT2D eigenvalue weighted by atomic mass is 9.86. The van der Waals surface area contributed by atoms with Crippen LogP contribution >= 0.6 is 0 Å². The molecule has 3 N–H and O–H groups in total. The number of allylic oxidation sites excluding steroid dienone is 2. The number of rotatable bonds is 29. The molecule has 0 aromatic heterocycles. The van der Waals surface area contributed by atoms with Crippen molar-refractivity contribution in [2.75, 3.05) is 13.2 Å². The lowest BCUT2D eigenvalue weighted by Crippen LogP contribution is -2.51. The Kier molecular flexibility index (Phi) is 23.0. The largest absolute Gasteiger partial charge is 0.481 e. The summed E-state index contributed by atoms with van der Waals surface area (Å²) in [7, 11) is 0. The highest BCUT2D eigenvalue weighted by Crippen LogP contribution is 2.27. The molecule has 2 atom stereocenters. The van der Waals surface area contributed by atoms with Gasteiger partial charge in [-0.15, -0.1) is 0 Å². The van der Waals surface area contributed by atoms with Gasteiger partial charge in [-0.25, -0.2) is 9.59 Å². The topological polar surface area (TPSA) is 148 Å². The Bertz CT molecular complexity index is 1410. The van der Waals surface area contributed by atoms with Crippen LogP contribution in [0.1, 0.15) is 151 Å². The van der Waals surface area contributed by atoms with Gasteiger partial charge in [0.1, 0.15) is 6.61 Å². The summed E-state index contributed by atoms with van der Waals surface area (Å²) in [5.74, 6) is -3.21. The number of ether oxygens (including phenoxy) is 2. The van der Waals surface area contributed by atoms with Gasteiger partial charge in [-0.2, -0.15) is 0 Å². The zero-order valence-corrected chi connectivity index (χ0v) is 32.8. The number of carboxylic acids is 1. The molecule has 298 valence electrons. The first-order valence-electron chi connectivity index (χ1n) is 20.0. The summed E-state index contributed by atoms with van der Waals surface area (Å²) in [4.78, 5) is 63.6. The van der Waals surface area contributed by atoms with Crippen molar-refractivity contribution in [3.8, 4) is 0 Å². The molecule has 0 bridgehead atoms. The van der Waals surface area contributed by atoms with Crippen molar-refractivity contribution >= 4 is 29.7 Å². The number of nitrogens with one attached hydrogen (secondary N) is 2. The summed E-state index contributed by atoms with van der Waals surface area (Å²) in [5, 5.41) is 15.2. The van der Waals surface area contributed by atoms with Crippen LogP contribution < -0.4 is 10.6 Å². The Hall–Kier alpha value is -4.47. The van der Waals surface area contributed by atoms with E-state index in [-0.39, 0.29) is 30.9 Å². The molecule has 0 spiro atoms. The van der Waals surface area contributed by atoms with Crippen LogP contribution in [0.2, 0.25) is 0 Å². The lowest BCUT2D eigenvalue weighted by molar-refractivity contribution is -0.141. The molecule has 0 aliphatic carbocycles. The van der Waals surface area contributed by atoms with Crippen molar-refractivity contribution in [3.63, 3.8) is 0 Å². The van der Waals surface area contributed by atoms with Crippen molar-refractivity contribution in [1.82, 2.24) is 10.6 Å². The van der Waals surface area contributed by atoms with E-state index in [9.17, 15) is 29.1 Å². The highest BCUT2D eigenvalue weighted by atomic mass is 16.6. The summed E-state index contributed by atoms with van der Waals surface area (Å²) < 4.78 is 11.2. The Morgan fingerprint density at radius 1 is 0.722 bits per heavy atom. The van der Waals surface area contributed by atoms with Gasteiger partial charge in [-0.1, -0.05) is 121 Å². The number of amides is 2. The first-order chi connectivity index (χ1) is 26.0. The molecule has 2 unspecified atom stereocenters. The minimum atomic E-state index is -1.42. The Morgan fingerprint density at radius 3 is 1.83 bits per heavy atom. The van der Waals surface area contributed by atoms with Crippen molar-refractivity contribution in [2.24, 2.45) is 5.41 Å². The first-order valence-corrected chi connectivity index (χ1v) is 20.0. The molecule has 0 heterocycles. The third-order valence-corrected chi connectivity index (χ3v) is 9.25. The Balaban J connectivity index is 1.80. The first kappa shape index (κ1) is 45.7. The average molecular weight is 749 g/mol. The van der Waals surface area contributed by atoms with Gasteiger partial charge in [0.05, 0.1) is 17.5 Å². The maximum absolute atomic E-state index is 13.7. The molecule has 2 aromatic rings. The third kappa shape index (κ3) is 20.1. The molecule has 0 saturated heterocycles. The van der Waals surface area contributed by atoms with E-state index in [4.69, 9.17) is 9.47 Å². The monoisotopic (exact) mass is 748 g/mol. The van der Waals surface area contributed by atoms with E-state index in [1.165, 1.54) is 51.4 Å². The second-order valence-corrected chi connectivity index (χ2v) is 14.7. The number of aliphatic carboxylic acids is 1. The van der Waals surface area contributed by atoms with Crippen LogP contribution in [0.25, 0.3) is 0 Å². The molecular formula is C44H64N2O8. The van der Waals surface area contributed by atoms with Crippen LogP contribution in [0.4, 0.5) is 0 Å². The minimum absolute atomic E-state index is 0.0499. The van der Waals surface area contributed by atoms with Gasteiger partial charge < -0.3 is 25.2 Å². The lowest BCUT2D eigenvalue weighted by Gasteiger charge is -2.33. The number of benzene rings is 2. The smallest absolute Gasteiger partial charge is 0.338 e. The van der Waals surface area contributed by atoms with Crippen LogP contribution in [-0.4, -0.2) is 60.1 Å². The number of esters is 2. The van der Waals surface area contributed by atoms with Gasteiger partial charge in [-0.05, 0) is 69.2 Å². The number of hydrogen-bond donors (Lipinski definition) is 3. The highest BCUT2D eigenvalue weighted by molar-refractivity contribution is 5.93. The molecule has 0 saturated carbocycles. The highest BCUT2D eigenvalue weighted by Gasteiger charge is 2.41. The number of unbranched alkanes of at least 4 members (excludes halogenated alkanes) is 11. The van der Waals surface area contributed by atoms with Gasteiger partial charge in [0, 0.05) is 24.4 Å². The zero-order valence-electron chi connectivity index (χ0n) is 32.8. The summed E-state index contributed by atoms with van der Waals surface area (Å²) in [6.07, 6.45) is 19.5. The predicted octanol–water partition coefficient (Wildman–Crippen LogP) is 8.99. The molecule has 2 amide bonds. The quantitative estimate of drug-likeness (QED) is 0.0424. The SMILES string of the molecule is CCCCCCCCC=CCCCCCCCC(=O)NCCCC(CC(=O)O)NC(=O)C(OC(=O)c1ccccc1)C(C)(C)COC(=O)c1ccccc1. The number of carbonyl (C=O) groups excluding carboxylic acids is 4. The number of carboxylic acid groups (broad SMARTS) is 1. The number of hydrogen-bond acceptors (Lipinski definition) is 7. The Labute approximate surface area is 322 Å². The van der Waals surface area contributed by atoms with E-state index < -0.39 is 41.4 Å². The van der Waals surface area contributed by atoms with Crippen LogP contribution in [0, 0.1) is 5.41 Å². The van der Waals surface area contributed by atoms with E-state index in [0.29, 0.717) is 24.9 Å². The second kappa shape index (κ2) is 27.2. The molecule has 10 heteroatoms. The van der Waals surface area contributed by atoms with Gasteiger partial charge in [-0.3, -0.25) is 14.4 Å². The maximum Gasteiger partial charge on any atom is 0.338 e.